The molecule has 0 bridgehead atoms. The fraction of sp³-hybridized carbons (Fsp3) is 0.333. The van der Waals surface area contributed by atoms with Gasteiger partial charge in [-0.15, -0.1) is 0 Å². The lowest BCUT2D eigenvalue weighted by Gasteiger charge is -2.22. The van der Waals surface area contributed by atoms with Crippen LogP contribution >= 0.6 is 11.3 Å². The Morgan fingerprint density at radius 1 is 1.10 bits per heavy atom. The van der Waals surface area contributed by atoms with Crippen LogP contribution in [0.25, 0.3) is 10.2 Å². The van der Waals surface area contributed by atoms with Crippen LogP contribution in [0.3, 0.4) is 0 Å². The molecule has 0 atom stereocenters. The molecule has 30 heavy (non-hydrogen) atoms. The third-order valence-electron chi connectivity index (χ3n) is 4.67. The second kappa shape index (κ2) is 9.20. The Kier molecular flexibility index (Phi) is 6.84. The Balaban J connectivity index is 1.81. The van der Waals surface area contributed by atoms with Crippen LogP contribution < -0.4 is 4.90 Å². The van der Waals surface area contributed by atoms with Crippen LogP contribution in [0.2, 0.25) is 0 Å². The van der Waals surface area contributed by atoms with Crippen molar-refractivity contribution in [1.29, 1.82) is 0 Å². The molecule has 2 aromatic carbocycles. The largest absolute Gasteiger partial charge is 0.308 e. The summed E-state index contributed by atoms with van der Waals surface area (Å²) in [6.45, 7) is 2.99. The Morgan fingerprint density at radius 3 is 2.43 bits per heavy atom. The minimum Gasteiger partial charge on any atom is -0.308 e. The van der Waals surface area contributed by atoms with Gasteiger partial charge in [-0.3, -0.25) is 9.69 Å². The summed E-state index contributed by atoms with van der Waals surface area (Å²) in [6, 6.07) is 10.5. The predicted molar refractivity (Wildman–Crippen MR) is 118 cm³/mol. The van der Waals surface area contributed by atoms with Crippen molar-refractivity contribution in [3.8, 4) is 0 Å². The molecule has 3 rings (SSSR count). The highest BCUT2D eigenvalue weighted by atomic mass is 32.2. The molecule has 0 N–H and O–H groups in total. The van der Waals surface area contributed by atoms with Crippen molar-refractivity contribution in [2.75, 3.05) is 37.8 Å². The highest BCUT2D eigenvalue weighted by molar-refractivity contribution is 7.91. The highest BCUT2D eigenvalue weighted by Crippen LogP contribution is 2.31. The van der Waals surface area contributed by atoms with E-state index in [1.54, 1.807) is 4.90 Å². The van der Waals surface area contributed by atoms with E-state index in [0.29, 0.717) is 18.2 Å². The average Bonchev–Trinajstić information content (AvgIpc) is 3.12. The summed E-state index contributed by atoms with van der Waals surface area (Å²) in [5, 5.41) is 0.560. The lowest BCUT2D eigenvalue weighted by Crippen LogP contribution is -2.37. The van der Waals surface area contributed by atoms with Gasteiger partial charge in [0, 0.05) is 19.5 Å². The Morgan fingerprint density at radius 2 is 1.80 bits per heavy atom. The van der Waals surface area contributed by atoms with E-state index >= 15 is 0 Å². The molecule has 0 unspecified atom stereocenters. The number of rotatable bonds is 8. The number of halogens is 1. The number of likely N-dealkylation sites (N-methyl/N-ethyl adjacent to an activating group) is 1. The van der Waals surface area contributed by atoms with Gasteiger partial charge in [0.05, 0.1) is 20.9 Å². The van der Waals surface area contributed by atoms with Gasteiger partial charge in [-0.1, -0.05) is 23.5 Å². The van der Waals surface area contributed by atoms with Crippen molar-refractivity contribution < 1.29 is 17.6 Å². The number of nitrogens with zero attached hydrogens (tertiary/aromatic N) is 3. The second-order valence-electron chi connectivity index (χ2n) is 7.29. The minimum absolute atomic E-state index is 0.00662. The maximum atomic E-state index is 13.1. The van der Waals surface area contributed by atoms with Crippen LogP contribution in [-0.2, 0) is 14.6 Å². The van der Waals surface area contributed by atoms with E-state index in [2.05, 4.69) is 4.98 Å². The van der Waals surface area contributed by atoms with Crippen molar-refractivity contribution >= 4 is 42.4 Å². The zero-order chi connectivity index (χ0) is 21.9. The maximum absolute atomic E-state index is 13.1. The number of thiazole rings is 1. The molecule has 0 aliphatic rings. The molecule has 160 valence electrons. The monoisotopic (exact) mass is 449 g/mol. The third-order valence-corrected chi connectivity index (χ3v) is 7.45. The van der Waals surface area contributed by atoms with E-state index in [-0.39, 0.29) is 23.0 Å². The molecule has 1 amide bonds. The number of fused-ring (bicyclic) bond motifs is 1. The molecule has 9 heteroatoms. The number of benzene rings is 2. The topological polar surface area (TPSA) is 70.6 Å². The number of anilines is 1. The molecule has 0 saturated carbocycles. The quantitative estimate of drug-likeness (QED) is 0.492. The Labute approximate surface area is 179 Å². The number of aryl methyl sites for hydroxylation is 1. The number of amides is 1. The normalized spacial score (nSPS) is 11.9. The lowest BCUT2D eigenvalue weighted by atomic mass is 10.2. The van der Waals surface area contributed by atoms with Gasteiger partial charge >= 0.3 is 0 Å². The summed E-state index contributed by atoms with van der Waals surface area (Å²) in [6.07, 6.45) is -0.179. The van der Waals surface area contributed by atoms with Gasteiger partial charge in [-0.05, 0) is 56.9 Å². The smallest absolute Gasteiger partial charge is 0.229 e. The van der Waals surface area contributed by atoms with E-state index in [4.69, 9.17) is 0 Å². The lowest BCUT2D eigenvalue weighted by molar-refractivity contribution is -0.118. The van der Waals surface area contributed by atoms with E-state index in [9.17, 15) is 17.6 Å². The van der Waals surface area contributed by atoms with Crippen LogP contribution in [-0.4, -0.2) is 57.1 Å². The zero-order valence-corrected chi connectivity index (χ0v) is 18.8. The number of sulfone groups is 1. The molecule has 0 aliphatic heterocycles. The van der Waals surface area contributed by atoms with Gasteiger partial charge < -0.3 is 4.90 Å². The van der Waals surface area contributed by atoms with E-state index in [0.717, 1.165) is 27.9 Å². The van der Waals surface area contributed by atoms with Gasteiger partial charge in [-0.2, -0.15) is 0 Å². The molecule has 6 nitrogen and oxygen atoms in total. The summed E-state index contributed by atoms with van der Waals surface area (Å²) in [5.41, 5.74) is 1.87. The van der Waals surface area contributed by atoms with Crippen molar-refractivity contribution in [3.05, 3.63) is 53.8 Å². The first-order valence-corrected chi connectivity index (χ1v) is 11.9. The van der Waals surface area contributed by atoms with Crippen LogP contribution in [0.5, 0.6) is 0 Å². The van der Waals surface area contributed by atoms with E-state index in [1.165, 1.54) is 23.5 Å². The predicted octanol–water partition coefficient (Wildman–Crippen LogP) is 3.50. The number of carbonyl (C=O) groups excluding carboxylic acids is 1. The van der Waals surface area contributed by atoms with Gasteiger partial charge in [-0.25, -0.2) is 17.8 Å². The fourth-order valence-electron chi connectivity index (χ4n) is 2.93. The van der Waals surface area contributed by atoms with Crippen molar-refractivity contribution in [2.24, 2.45) is 0 Å². The molecule has 0 aliphatic carbocycles. The number of hydrogen-bond donors (Lipinski definition) is 0. The van der Waals surface area contributed by atoms with E-state index in [1.807, 2.05) is 44.1 Å². The SMILES string of the molecule is Cc1cccc2sc(N(CCN(C)C)C(=O)CCS(=O)(=O)c3ccc(F)cc3)nc12. The standard InChI is InChI=1S/C21H24FN3O3S2/c1-15-5-4-6-18-20(15)23-21(29-18)25(13-12-24(2)3)19(26)11-14-30(27,28)17-9-7-16(22)8-10-17/h4-10H,11-14H2,1-3H3. The summed E-state index contributed by atoms with van der Waals surface area (Å²) in [5.74, 6) is -1.16. The fourth-order valence-corrected chi connectivity index (χ4v) is 5.25. The Bertz CT molecular complexity index is 1140. The molecule has 3 aromatic rings. The number of para-hydroxylation sites is 1. The molecular weight excluding hydrogens is 425 g/mol. The van der Waals surface area contributed by atoms with Gasteiger partial charge in [0.1, 0.15) is 5.82 Å². The summed E-state index contributed by atoms with van der Waals surface area (Å²) in [4.78, 5) is 21.2. The van der Waals surface area contributed by atoms with Gasteiger partial charge in [0.2, 0.25) is 5.91 Å². The molecule has 0 fully saturated rings. The highest BCUT2D eigenvalue weighted by Gasteiger charge is 2.23. The van der Waals surface area contributed by atoms with Crippen LogP contribution in [0.15, 0.2) is 47.4 Å². The van der Waals surface area contributed by atoms with Crippen LogP contribution in [0.1, 0.15) is 12.0 Å². The molecule has 1 aromatic heterocycles. The van der Waals surface area contributed by atoms with Crippen molar-refractivity contribution in [2.45, 2.75) is 18.2 Å². The second-order valence-corrected chi connectivity index (χ2v) is 10.4. The average molecular weight is 450 g/mol. The van der Waals surface area contributed by atoms with E-state index < -0.39 is 15.7 Å². The van der Waals surface area contributed by atoms with Crippen LogP contribution in [0, 0.1) is 12.7 Å². The summed E-state index contributed by atoms with van der Waals surface area (Å²) >= 11 is 1.42. The molecular formula is C21H24FN3O3S2. The number of aromatic nitrogens is 1. The number of carbonyl (C=O) groups is 1. The zero-order valence-electron chi connectivity index (χ0n) is 17.1. The van der Waals surface area contributed by atoms with Gasteiger partial charge in [0.15, 0.2) is 15.0 Å². The molecule has 0 spiro atoms. The minimum atomic E-state index is -3.69. The Hall–Kier alpha value is -2.36. The molecule has 1 heterocycles. The third kappa shape index (κ3) is 5.21. The van der Waals surface area contributed by atoms with Crippen molar-refractivity contribution in [3.63, 3.8) is 0 Å². The maximum Gasteiger partial charge on any atom is 0.229 e. The summed E-state index contributed by atoms with van der Waals surface area (Å²) < 4.78 is 39.2. The molecule has 0 radical (unpaired) electrons. The molecule has 0 saturated heterocycles. The first kappa shape index (κ1) is 22.3. The number of hydrogen-bond acceptors (Lipinski definition) is 6. The van der Waals surface area contributed by atoms with Crippen molar-refractivity contribution in [1.82, 2.24) is 9.88 Å². The summed E-state index contributed by atoms with van der Waals surface area (Å²) in [7, 11) is 0.122. The first-order chi connectivity index (χ1) is 14.2. The van der Waals surface area contributed by atoms with Crippen LogP contribution in [0.4, 0.5) is 9.52 Å². The van der Waals surface area contributed by atoms with Gasteiger partial charge in [0.25, 0.3) is 0 Å². The first-order valence-electron chi connectivity index (χ1n) is 9.47.